The molecule has 110 valence electrons. The van der Waals surface area contributed by atoms with Crippen molar-refractivity contribution in [1.29, 1.82) is 0 Å². The van der Waals surface area contributed by atoms with Crippen LogP contribution < -0.4 is 4.90 Å². The summed E-state index contributed by atoms with van der Waals surface area (Å²) in [7, 11) is 4.13. The number of hydrogen-bond acceptors (Lipinski definition) is 4. The van der Waals surface area contributed by atoms with Crippen molar-refractivity contribution >= 4 is 23.0 Å². The van der Waals surface area contributed by atoms with Gasteiger partial charge in [-0.15, -0.1) is 11.6 Å². The average Bonchev–Trinajstić information content (AvgIpc) is 2.84. The molecule has 0 aromatic heterocycles. The second kappa shape index (κ2) is 6.41. The molecule has 1 aromatic carbocycles. The predicted octanol–water partition coefficient (Wildman–Crippen LogP) is 2.86. The Balaban J connectivity index is 2.29. The van der Waals surface area contributed by atoms with Crippen molar-refractivity contribution in [2.75, 3.05) is 32.1 Å². The Morgan fingerprint density at radius 3 is 2.85 bits per heavy atom. The van der Waals surface area contributed by atoms with Gasteiger partial charge in [-0.3, -0.25) is 10.1 Å². The number of nitro groups is 1. The van der Waals surface area contributed by atoms with E-state index in [0.29, 0.717) is 11.9 Å². The first-order valence-electron chi connectivity index (χ1n) is 6.77. The number of non-ortho nitro benzene ring substituents is 1. The maximum atomic E-state index is 10.9. The van der Waals surface area contributed by atoms with Gasteiger partial charge in [0.15, 0.2) is 0 Å². The Labute approximate surface area is 124 Å². The zero-order chi connectivity index (χ0) is 14.7. The lowest BCUT2D eigenvalue weighted by molar-refractivity contribution is -0.384. The fraction of sp³-hybridized carbons (Fsp3) is 0.571. The quantitative estimate of drug-likeness (QED) is 0.476. The highest BCUT2D eigenvalue weighted by molar-refractivity contribution is 6.17. The smallest absolute Gasteiger partial charge is 0.269 e. The van der Waals surface area contributed by atoms with E-state index in [1.807, 2.05) is 6.07 Å². The Bertz CT molecular complexity index is 493. The van der Waals surface area contributed by atoms with Gasteiger partial charge in [0.2, 0.25) is 0 Å². The summed E-state index contributed by atoms with van der Waals surface area (Å²) in [6.07, 6.45) is 2.30. The minimum Gasteiger partial charge on any atom is -0.367 e. The number of alkyl halides is 1. The SMILES string of the molecule is CN(C)CC1CCCN1c1ccc([N+](=O)[O-])cc1CCl. The lowest BCUT2D eigenvalue weighted by Gasteiger charge is -2.30. The lowest BCUT2D eigenvalue weighted by atomic mass is 10.1. The van der Waals surface area contributed by atoms with Gasteiger partial charge in [-0.05, 0) is 38.6 Å². The fourth-order valence-corrected chi connectivity index (χ4v) is 3.05. The summed E-state index contributed by atoms with van der Waals surface area (Å²) in [4.78, 5) is 15.0. The van der Waals surface area contributed by atoms with Gasteiger partial charge in [-0.1, -0.05) is 0 Å². The van der Waals surface area contributed by atoms with E-state index in [1.165, 1.54) is 0 Å². The molecule has 1 aromatic rings. The van der Waals surface area contributed by atoms with Crippen LogP contribution in [-0.2, 0) is 5.88 Å². The zero-order valence-electron chi connectivity index (χ0n) is 11.9. The Hall–Kier alpha value is -1.33. The first-order chi connectivity index (χ1) is 9.52. The monoisotopic (exact) mass is 297 g/mol. The number of rotatable bonds is 5. The summed E-state index contributed by atoms with van der Waals surface area (Å²) in [5.74, 6) is 0.294. The van der Waals surface area contributed by atoms with Crippen molar-refractivity contribution in [1.82, 2.24) is 4.90 Å². The van der Waals surface area contributed by atoms with Crippen LogP contribution in [0.1, 0.15) is 18.4 Å². The van der Waals surface area contributed by atoms with Crippen LogP contribution in [0, 0.1) is 10.1 Å². The second-order valence-electron chi connectivity index (χ2n) is 5.46. The number of likely N-dealkylation sites (N-methyl/N-ethyl adjacent to an activating group) is 1. The molecule has 2 rings (SSSR count). The molecule has 1 saturated heterocycles. The Morgan fingerprint density at radius 1 is 1.50 bits per heavy atom. The molecule has 0 saturated carbocycles. The molecule has 0 spiro atoms. The normalized spacial score (nSPS) is 18.8. The lowest BCUT2D eigenvalue weighted by Crippen LogP contribution is -2.38. The summed E-state index contributed by atoms with van der Waals surface area (Å²) in [5, 5.41) is 10.9. The number of benzene rings is 1. The summed E-state index contributed by atoms with van der Waals surface area (Å²) in [6, 6.07) is 5.45. The van der Waals surface area contributed by atoms with Crippen molar-refractivity contribution < 1.29 is 4.92 Å². The standard InChI is InChI=1S/C14H20ClN3O2/c1-16(2)10-13-4-3-7-17(13)14-6-5-12(18(19)20)8-11(14)9-15/h5-6,8,13H,3-4,7,9-10H2,1-2H3. The number of hydrogen-bond donors (Lipinski definition) is 0. The maximum Gasteiger partial charge on any atom is 0.269 e. The fourth-order valence-electron chi connectivity index (χ4n) is 2.84. The molecule has 0 amide bonds. The van der Waals surface area contributed by atoms with Gasteiger partial charge in [0.05, 0.1) is 4.92 Å². The molecule has 20 heavy (non-hydrogen) atoms. The largest absolute Gasteiger partial charge is 0.367 e. The Kier molecular flexibility index (Phi) is 4.83. The van der Waals surface area contributed by atoms with Crippen LogP contribution >= 0.6 is 11.6 Å². The van der Waals surface area contributed by atoms with Crippen LogP contribution in [-0.4, -0.2) is 43.0 Å². The van der Waals surface area contributed by atoms with Crippen LogP contribution in [0.2, 0.25) is 0 Å². The topological polar surface area (TPSA) is 49.6 Å². The number of nitro benzene ring substituents is 1. The van der Waals surface area contributed by atoms with Crippen LogP contribution in [0.15, 0.2) is 18.2 Å². The molecule has 0 bridgehead atoms. The van der Waals surface area contributed by atoms with Crippen molar-refractivity contribution in [3.8, 4) is 0 Å². The minimum absolute atomic E-state index is 0.104. The van der Waals surface area contributed by atoms with Gasteiger partial charge in [-0.25, -0.2) is 0 Å². The molecule has 6 heteroatoms. The molecule has 1 aliphatic rings. The molecule has 0 aliphatic carbocycles. The van der Waals surface area contributed by atoms with Gasteiger partial charge < -0.3 is 9.80 Å². The predicted molar refractivity (Wildman–Crippen MR) is 81.6 cm³/mol. The van der Waals surface area contributed by atoms with Crippen molar-refractivity contribution in [2.24, 2.45) is 0 Å². The van der Waals surface area contributed by atoms with Crippen LogP contribution in [0.25, 0.3) is 0 Å². The molecule has 1 atom stereocenters. The highest BCUT2D eigenvalue weighted by atomic mass is 35.5. The molecule has 1 fully saturated rings. The third-order valence-corrected chi connectivity index (χ3v) is 3.97. The van der Waals surface area contributed by atoms with Gasteiger partial charge in [-0.2, -0.15) is 0 Å². The summed E-state index contributed by atoms with van der Waals surface area (Å²) < 4.78 is 0. The number of nitrogens with zero attached hydrogens (tertiary/aromatic N) is 3. The zero-order valence-corrected chi connectivity index (χ0v) is 12.6. The first kappa shape index (κ1) is 15.1. The van der Waals surface area contributed by atoms with Crippen molar-refractivity contribution in [3.05, 3.63) is 33.9 Å². The molecule has 5 nitrogen and oxygen atoms in total. The van der Waals surface area contributed by atoms with E-state index < -0.39 is 0 Å². The van der Waals surface area contributed by atoms with Gasteiger partial charge in [0.25, 0.3) is 5.69 Å². The van der Waals surface area contributed by atoms with E-state index in [0.717, 1.165) is 37.2 Å². The van der Waals surface area contributed by atoms with Gasteiger partial charge >= 0.3 is 0 Å². The first-order valence-corrected chi connectivity index (χ1v) is 7.31. The maximum absolute atomic E-state index is 10.9. The van der Waals surface area contributed by atoms with Crippen LogP contribution in [0.5, 0.6) is 0 Å². The van der Waals surface area contributed by atoms with Crippen molar-refractivity contribution in [3.63, 3.8) is 0 Å². The number of anilines is 1. The molecule has 0 radical (unpaired) electrons. The van der Waals surface area contributed by atoms with E-state index >= 15 is 0 Å². The summed E-state index contributed by atoms with van der Waals surface area (Å²) >= 11 is 5.98. The highest BCUT2D eigenvalue weighted by Crippen LogP contribution is 2.32. The summed E-state index contributed by atoms with van der Waals surface area (Å²) in [6.45, 7) is 1.97. The summed E-state index contributed by atoms with van der Waals surface area (Å²) in [5.41, 5.74) is 1.98. The van der Waals surface area contributed by atoms with E-state index in [4.69, 9.17) is 11.6 Å². The molecular weight excluding hydrogens is 278 g/mol. The van der Waals surface area contributed by atoms with E-state index in [1.54, 1.807) is 12.1 Å². The van der Waals surface area contributed by atoms with Crippen molar-refractivity contribution in [2.45, 2.75) is 24.8 Å². The highest BCUT2D eigenvalue weighted by Gasteiger charge is 2.27. The van der Waals surface area contributed by atoms with Gasteiger partial charge in [0, 0.05) is 42.8 Å². The third kappa shape index (κ3) is 3.22. The molecule has 0 N–H and O–H groups in total. The molecule has 1 heterocycles. The van der Waals surface area contributed by atoms with E-state index in [2.05, 4.69) is 23.9 Å². The average molecular weight is 298 g/mol. The third-order valence-electron chi connectivity index (χ3n) is 3.68. The van der Waals surface area contributed by atoms with Crippen LogP contribution in [0.3, 0.4) is 0 Å². The van der Waals surface area contributed by atoms with E-state index in [9.17, 15) is 10.1 Å². The van der Waals surface area contributed by atoms with E-state index in [-0.39, 0.29) is 10.6 Å². The second-order valence-corrected chi connectivity index (χ2v) is 5.72. The van der Waals surface area contributed by atoms with Crippen LogP contribution in [0.4, 0.5) is 11.4 Å². The Morgan fingerprint density at radius 2 is 2.25 bits per heavy atom. The number of halogens is 1. The van der Waals surface area contributed by atoms with Gasteiger partial charge in [0.1, 0.15) is 0 Å². The minimum atomic E-state index is -0.374. The molecule has 1 unspecified atom stereocenters. The molecule has 1 aliphatic heterocycles. The molecular formula is C14H20ClN3O2.